The zero-order chi connectivity index (χ0) is 17.7. The molecule has 0 amide bonds. The second-order valence-electron chi connectivity index (χ2n) is 6.99. The molecule has 1 fully saturated rings. The summed E-state index contributed by atoms with van der Waals surface area (Å²) in [6, 6.07) is 0. The van der Waals surface area contributed by atoms with Crippen LogP contribution in [0, 0.1) is 11.8 Å². The molecule has 0 saturated carbocycles. The number of piperidine rings is 1. The zero-order valence-electron chi connectivity index (χ0n) is 14.7. The normalized spacial score (nSPS) is 17.9. The number of aliphatic hydroxyl groups excluding tert-OH is 1. The van der Waals surface area contributed by atoms with Gasteiger partial charge in [-0.25, -0.2) is 9.97 Å². The number of nitrogens with zero attached hydrogens (tertiary/aromatic N) is 4. The second kappa shape index (κ2) is 8.39. The van der Waals surface area contributed by atoms with Gasteiger partial charge in [-0.05, 0) is 37.8 Å². The Morgan fingerprint density at radius 1 is 1.33 bits per heavy atom. The van der Waals surface area contributed by atoms with Gasteiger partial charge in [0.05, 0.1) is 6.10 Å². The number of carboxylic acid groups (broad SMARTS) is 1. The largest absolute Gasteiger partial charge is 0.480 e. The van der Waals surface area contributed by atoms with Crippen molar-refractivity contribution < 1.29 is 15.0 Å². The van der Waals surface area contributed by atoms with Crippen LogP contribution in [0.25, 0.3) is 0 Å². The highest BCUT2D eigenvalue weighted by Crippen LogP contribution is 2.25. The van der Waals surface area contributed by atoms with Crippen molar-refractivity contribution in [3.05, 3.63) is 18.0 Å². The van der Waals surface area contributed by atoms with E-state index in [4.69, 9.17) is 5.11 Å². The van der Waals surface area contributed by atoms with Crippen LogP contribution >= 0.6 is 0 Å². The van der Waals surface area contributed by atoms with E-state index >= 15 is 0 Å². The van der Waals surface area contributed by atoms with Crippen molar-refractivity contribution >= 4 is 11.9 Å². The van der Waals surface area contributed by atoms with Gasteiger partial charge in [-0.3, -0.25) is 9.69 Å². The maximum atomic E-state index is 10.7. The van der Waals surface area contributed by atoms with Gasteiger partial charge < -0.3 is 15.1 Å². The number of carboxylic acids is 1. The highest BCUT2D eigenvalue weighted by atomic mass is 16.4. The van der Waals surface area contributed by atoms with Crippen molar-refractivity contribution in [2.75, 3.05) is 31.6 Å². The van der Waals surface area contributed by atoms with Crippen LogP contribution in [0.2, 0.25) is 0 Å². The van der Waals surface area contributed by atoms with Crippen molar-refractivity contribution in [2.24, 2.45) is 11.8 Å². The van der Waals surface area contributed by atoms with Gasteiger partial charge in [0.25, 0.3) is 0 Å². The van der Waals surface area contributed by atoms with Crippen molar-refractivity contribution in [3.63, 3.8) is 0 Å². The smallest absolute Gasteiger partial charge is 0.323 e. The number of rotatable bonds is 7. The maximum absolute atomic E-state index is 10.7. The van der Waals surface area contributed by atoms with E-state index in [1.807, 2.05) is 0 Å². The molecule has 0 bridgehead atoms. The molecule has 134 valence electrons. The molecule has 2 rings (SSSR count). The average Bonchev–Trinajstić information content (AvgIpc) is 2.55. The third kappa shape index (κ3) is 5.14. The van der Waals surface area contributed by atoms with Gasteiger partial charge in [-0.1, -0.05) is 13.8 Å². The first-order valence-electron chi connectivity index (χ1n) is 8.51. The molecule has 24 heavy (non-hydrogen) atoms. The summed E-state index contributed by atoms with van der Waals surface area (Å²) >= 11 is 0. The van der Waals surface area contributed by atoms with Crippen molar-refractivity contribution in [1.29, 1.82) is 0 Å². The number of likely N-dealkylation sites (N-methyl/N-ethyl adjacent to an activating group) is 1. The van der Waals surface area contributed by atoms with Gasteiger partial charge in [0.1, 0.15) is 6.54 Å². The van der Waals surface area contributed by atoms with E-state index in [2.05, 4.69) is 28.7 Å². The Bertz CT molecular complexity index is 527. The predicted octanol–water partition coefficient (Wildman–Crippen LogP) is 1.23. The van der Waals surface area contributed by atoms with Crippen LogP contribution in [0.15, 0.2) is 12.4 Å². The summed E-state index contributed by atoms with van der Waals surface area (Å²) in [5.41, 5.74) is 1.02. The molecule has 0 radical (unpaired) electrons. The van der Waals surface area contributed by atoms with Crippen LogP contribution in [0.4, 0.5) is 5.95 Å². The number of anilines is 1. The summed E-state index contributed by atoms with van der Waals surface area (Å²) in [5.74, 6) is 0.214. The molecule has 7 nitrogen and oxygen atoms in total. The van der Waals surface area contributed by atoms with Crippen LogP contribution < -0.4 is 4.90 Å². The first-order chi connectivity index (χ1) is 11.4. The number of hydrogen-bond donors (Lipinski definition) is 2. The molecule has 2 N–H and O–H groups in total. The summed E-state index contributed by atoms with van der Waals surface area (Å²) in [6.07, 6.45) is 5.34. The Balaban J connectivity index is 1.84. The molecular weight excluding hydrogens is 308 g/mol. The fourth-order valence-electron chi connectivity index (χ4n) is 3.16. The molecule has 1 aliphatic rings. The molecule has 1 aromatic rings. The number of hydrogen-bond acceptors (Lipinski definition) is 6. The van der Waals surface area contributed by atoms with E-state index in [-0.39, 0.29) is 12.6 Å². The highest BCUT2D eigenvalue weighted by molar-refractivity contribution is 5.72. The molecule has 0 spiro atoms. The van der Waals surface area contributed by atoms with E-state index in [1.165, 1.54) is 4.90 Å². The molecule has 0 aliphatic carbocycles. The minimum atomic E-state index is -0.906. The lowest BCUT2D eigenvalue weighted by Crippen LogP contribution is -2.39. The average molecular weight is 336 g/mol. The van der Waals surface area contributed by atoms with Gasteiger partial charge in [0.15, 0.2) is 0 Å². The molecule has 2 heterocycles. The summed E-state index contributed by atoms with van der Waals surface area (Å²) < 4.78 is 0. The minimum absolute atomic E-state index is 0.120. The molecule has 1 aliphatic heterocycles. The lowest BCUT2D eigenvalue weighted by molar-refractivity contribution is -0.135. The lowest BCUT2D eigenvalue weighted by atomic mass is 9.85. The molecule has 1 atom stereocenters. The van der Waals surface area contributed by atoms with Gasteiger partial charge in [0.2, 0.25) is 5.95 Å². The Labute approximate surface area is 143 Å². The third-order valence-corrected chi connectivity index (χ3v) is 4.61. The van der Waals surface area contributed by atoms with Crippen LogP contribution in [0.1, 0.15) is 32.3 Å². The van der Waals surface area contributed by atoms with Crippen molar-refractivity contribution in [1.82, 2.24) is 14.9 Å². The quantitative estimate of drug-likeness (QED) is 0.774. The Morgan fingerprint density at radius 3 is 2.42 bits per heavy atom. The van der Waals surface area contributed by atoms with E-state index in [0.29, 0.717) is 17.8 Å². The van der Waals surface area contributed by atoms with Crippen LogP contribution in [0.3, 0.4) is 0 Å². The fourth-order valence-corrected chi connectivity index (χ4v) is 3.16. The molecule has 7 heteroatoms. The van der Waals surface area contributed by atoms with Gasteiger partial charge >= 0.3 is 5.97 Å². The first kappa shape index (κ1) is 18.6. The molecule has 1 saturated heterocycles. The summed E-state index contributed by atoms with van der Waals surface area (Å²) in [4.78, 5) is 23.1. The topological polar surface area (TPSA) is 89.8 Å². The predicted molar refractivity (Wildman–Crippen MR) is 91.8 cm³/mol. The zero-order valence-corrected chi connectivity index (χ0v) is 14.7. The van der Waals surface area contributed by atoms with E-state index in [9.17, 15) is 9.90 Å². The Kier molecular flexibility index (Phi) is 6.51. The number of aliphatic hydroxyl groups is 1. The SMILES string of the molecule is CC(C)[C@@H](O)C1CCN(Cc2cnc(N(C)CC(=O)O)nc2)CC1. The second-order valence-corrected chi connectivity index (χ2v) is 6.99. The summed E-state index contributed by atoms with van der Waals surface area (Å²) in [5, 5.41) is 19.0. The summed E-state index contributed by atoms with van der Waals surface area (Å²) in [7, 11) is 1.66. The number of carbonyl (C=O) groups is 1. The monoisotopic (exact) mass is 336 g/mol. The fraction of sp³-hybridized carbons (Fsp3) is 0.706. The Morgan fingerprint density at radius 2 is 1.92 bits per heavy atom. The minimum Gasteiger partial charge on any atom is -0.480 e. The van der Waals surface area contributed by atoms with Crippen LogP contribution in [0.5, 0.6) is 0 Å². The van der Waals surface area contributed by atoms with E-state index in [0.717, 1.165) is 38.0 Å². The van der Waals surface area contributed by atoms with Crippen LogP contribution in [-0.4, -0.2) is 63.8 Å². The van der Waals surface area contributed by atoms with Gasteiger partial charge in [0, 0.05) is 31.5 Å². The highest BCUT2D eigenvalue weighted by Gasteiger charge is 2.27. The van der Waals surface area contributed by atoms with Gasteiger partial charge in [-0.15, -0.1) is 0 Å². The van der Waals surface area contributed by atoms with Gasteiger partial charge in [-0.2, -0.15) is 0 Å². The summed E-state index contributed by atoms with van der Waals surface area (Å²) in [6.45, 7) is 6.73. The maximum Gasteiger partial charge on any atom is 0.323 e. The number of aromatic nitrogens is 2. The lowest BCUT2D eigenvalue weighted by Gasteiger charge is -2.35. The van der Waals surface area contributed by atoms with E-state index in [1.54, 1.807) is 19.4 Å². The van der Waals surface area contributed by atoms with Crippen LogP contribution in [-0.2, 0) is 11.3 Å². The Hall–Kier alpha value is -1.73. The number of likely N-dealkylation sites (tertiary alicyclic amines) is 1. The van der Waals surface area contributed by atoms with Crippen molar-refractivity contribution in [2.45, 2.75) is 39.3 Å². The van der Waals surface area contributed by atoms with Crippen molar-refractivity contribution in [3.8, 4) is 0 Å². The standard InChI is InChI=1S/C17H28N4O3/c1-12(2)16(24)14-4-6-21(7-5-14)10-13-8-18-17(19-9-13)20(3)11-15(22)23/h8-9,12,14,16,24H,4-7,10-11H2,1-3H3,(H,22,23)/t16-/m1/s1. The third-order valence-electron chi connectivity index (χ3n) is 4.61. The molecule has 0 aromatic carbocycles. The van der Waals surface area contributed by atoms with E-state index < -0.39 is 5.97 Å². The molecule has 0 unspecified atom stereocenters. The number of aliphatic carboxylic acids is 1. The first-order valence-corrected chi connectivity index (χ1v) is 8.51. The molecule has 1 aromatic heterocycles. The molecular formula is C17H28N4O3.